The second-order valence-corrected chi connectivity index (χ2v) is 5.00. The lowest BCUT2D eigenvalue weighted by Gasteiger charge is -2.02. The Kier molecular flexibility index (Phi) is 2.70. The van der Waals surface area contributed by atoms with Crippen LogP contribution in [0.25, 0.3) is 11.6 Å². The van der Waals surface area contributed by atoms with Crippen molar-refractivity contribution in [1.29, 1.82) is 0 Å². The summed E-state index contributed by atoms with van der Waals surface area (Å²) in [6, 6.07) is 6.64. The molecule has 3 rings (SSSR count). The lowest BCUT2D eigenvalue weighted by molar-refractivity contribution is -0.110. The SMILES string of the molecule is O=C1Nc2ccc(F)c(I)c2/C1=C/c1ccc[nH]1. The van der Waals surface area contributed by atoms with Crippen LogP contribution in [0.3, 0.4) is 0 Å². The van der Waals surface area contributed by atoms with Gasteiger partial charge in [0, 0.05) is 17.5 Å². The molecule has 18 heavy (non-hydrogen) atoms. The molecule has 1 aromatic heterocycles. The van der Waals surface area contributed by atoms with Gasteiger partial charge in [-0.15, -0.1) is 0 Å². The molecule has 5 heteroatoms. The summed E-state index contributed by atoms with van der Waals surface area (Å²) < 4.78 is 14.0. The molecular formula is C13H8FIN2O. The standard InChI is InChI=1S/C13H8FIN2O/c14-9-3-4-10-11(12(9)15)8(13(18)17-10)6-7-2-1-5-16-7/h1-6,16H,(H,17,18)/b8-6-. The van der Waals surface area contributed by atoms with Crippen LogP contribution in [-0.2, 0) is 4.79 Å². The Balaban J connectivity index is 2.20. The highest BCUT2D eigenvalue weighted by molar-refractivity contribution is 14.1. The first-order valence-corrected chi connectivity index (χ1v) is 6.39. The molecule has 0 fully saturated rings. The smallest absolute Gasteiger partial charge is 0.256 e. The number of H-pyrrole nitrogens is 1. The number of anilines is 1. The van der Waals surface area contributed by atoms with E-state index >= 15 is 0 Å². The summed E-state index contributed by atoms with van der Waals surface area (Å²) in [5.74, 6) is -0.522. The third-order valence-electron chi connectivity index (χ3n) is 2.78. The third-order valence-corrected chi connectivity index (χ3v) is 3.83. The van der Waals surface area contributed by atoms with Gasteiger partial charge in [-0.1, -0.05) is 0 Å². The Morgan fingerprint density at radius 1 is 1.28 bits per heavy atom. The molecule has 1 aliphatic rings. The molecule has 1 aromatic carbocycles. The number of fused-ring (bicyclic) bond motifs is 1. The first-order valence-electron chi connectivity index (χ1n) is 5.31. The summed E-state index contributed by atoms with van der Waals surface area (Å²) in [6.07, 6.45) is 3.50. The van der Waals surface area contributed by atoms with E-state index in [0.717, 1.165) is 5.69 Å². The fraction of sp³-hybridized carbons (Fsp3) is 0. The highest BCUT2D eigenvalue weighted by atomic mass is 127. The number of aromatic nitrogens is 1. The number of nitrogens with one attached hydrogen (secondary N) is 2. The Labute approximate surface area is 116 Å². The second kappa shape index (κ2) is 4.24. The molecule has 0 atom stereocenters. The van der Waals surface area contributed by atoms with Crippen LogP contribution in [0.2, 0.25) is 0 Å². The Morgan fingerprint density at radius 2 is 2.11 bits per heavy atom. The van der Waals surface area contributed by atoms with Crippen LogP contribution < -0.4 is 5.32 Å². The van der Waals surface area contributed by atoms with E-state index in [0.29, 0.717) is 20.4 Å². The van der Waals surface area contributed by atoms with Crippen LogP contribution in [0.1, 0.15) is 11.3 Å². The summed E-state index contributed by atoms with van der Waals surface area (Å²) in [4.78, 5) is 14.9. The van der Waals surface area contributed by atoms with Crippen LogP contribution >= 0.6 is 22.6 Å². The Morgan fingerprint density at radius 3 is 2.83 bits per heavy atom. The average molecular weight is 354 g/mol. The van der Waals surface area contributed by atoms with E-state index < -0.39 is 0 Å². The molecule has 0 aliphatic carbocycles. The quantitative estimate of drug-likeness (QED) is 0.599. The fourth-order valence-electron chi connectivity index (χ4n) is 1.95. The minimum Gasteiger partial charge on any atom is -0.362 e. The largest absolute Gasteiger partial charge is 0.362 e. The van der Waals surface area contributed by atoms with Gasteiger partial charge in [-0.3, -0.25) is 4.79 Å². The summed E-state index contributed by atoms with van der Waals surface area (Å²) in [5.41, 5.74) is 2.59. The Bertz CT molecular complexity index is 662. The van der Waals surface area contributed by atoms with Gasteiger partial charge >= 0.3 is 0 Å². The molecular weight excluding hydrogens is 346 g/mol. The molecule has 0 unspecified atom stereocenters. The number of rotatable bonds is 1. The van der Waals surface area contributed by atoms with Crippen LogP contribution in [0, 0.1) is 9.39 Å². The minimum absolute atomic E-state index is 0.205. The van der Waals surface area contributed by atoms with E-state index in [-0.39, 0.29) is 11.7 Å². The normalized spacial score (nSPS) is 15.9. The van der Waals surface area contributed by atoms with E-state index in [1.807, 2.05) is 34.7 Å². The van der Waals surface area contributed by atoms with Gasteiger partial charge in [0.25, 0.3) is 5.91 Å². The van der Waals surface area contributed by atoms with E-state index in [1.54, 1.807) is 18.3 Å². The predicted molar refractivity (Wildman–Crippen MR) is 76.4 cm³/mol. The van der Waals surface area contributed by atoms with Crippen molar-refractivity contribution in [3.8, 4) is 0 Å². The zero-order chi connectivity index (χ0) is 12.7. The second-order valence-electron chi connectivity index (χ2n) is 3.92. The van der Waals surface area contributed by atoms with Crippen LogP contribution in [0.4, 0.5) is 10.1 Å². The average Bonchev–Trinajstić information content (AvgIpc) is 2.94. The minimum atomic E-state index is -0.316. The monoisotopic (exact) mass is 354 g/mol. The molecule has 1 amide bonds. The van der Waals surface area contributed by atoms with E-state index in [4.69, 9.17) is 0 Å². The summed E-state index contributed by atoms with van der Waals surface area (Å²) >= 11 is 1.92. The molecule has 90 valence electrons. The molecule has 0 radical (unpaired) electrons. The number of amides is 1. The highest BCUT2D eigenvalue weighted by Crippen LogP contribution is 2.37. The van der Waals surface area contributed by atoms with Crippen LogP contribution in [-0.4, -0.2) is 10.9 Å². The fourth-order valence-corrected chi connectivity index (χ4v) is 2.71. The maximum atomic E-state index is 13.6. The van der Waals surface area contributed by atoms with E-state index in [1.165, 1.54) is 6.07 Å². The van der Waals surface area contributed by atoms with Crippen molar-refractivity contribution in [2.75, 3.05) is 5.32 Å². The molecule has 0 saturated carbocycles. The van der Waals surface area contributed by atoms with Crippen molar-refractivity contribution in [1.82, 2.24) is 4.98 Å². The topological polar surface area (TPSA) is 44.9 Å². The van der Waals surface area contributed by atoms with Gasteiger partial charge in [-0.25, -0.2) is 4.39 Å². The Hall–Kier alpha value is -1.63. The number of carbonyl (C=O) groups is 1. The van der Waals surface area contributed by atoms with Crippen LogP contribution in [0.15, 0.2) is 30.5 Å². The van der Waals surface area contributed by atoms with Gasteiger partial charge in [0.05, 0.1) is 14.8 Å². The maximum absolute atomic E-state index is 13.6. The van der Waals surface area contributed by atoms with Gasteiger partial charge in [-0.05, 0) is 52.9 Å². The van der Waals surface area contributed by atoms with Crippen molar-refractivity contribution in [2.24, 2.45) is 0 Å². The number of carbonyl (C=O) groups excluding carboxylic acids is 1. The summed E-state index contributed by atoms with van der Waals surface area (Å²) in [7, 11) is 0. The zero-order valence-electron chi connectivity index (χ0n) is 9.13. The molecule has 1 aliphatic heterocycles. The highest BCUT2D eigenvalue weighted by Gasteiger charge is 2.27. The van der Waals surface area contributed by atoms with Crippen molar-refractivity contribution < 1.29 is 9.18 Å². The molecule has 2 heterocycles. The third kappa shape index (κ3) is 1.74. The number of aromatic amines is 1. The van der Waals surface area contributed by atoms with Gasteiger partial charge in [0.15, 0.2) is 0 Å². The zero-order valence-corrected chi connectivity index (χ0v) is 11.3. The summed E-state index contributed by atoms with van der Waals surface area (Å²) in [5, 5.41) is 2.74. The van der Waals surface area contributed by atoms with Crippen molar-refractivity contribution in [3.63, 3.8) is 0 Å². The molecule has 0 saturated heterocycles. The van der Waals surface area contributed by atoms with E-state index in [9.17, 15) is 9.18 Å². The maximum Gasteiger partial charge on any atom is 0.256 e. The van der Waals surface area contributed by atoms with Crippen molar-refractivity contribution in [2.45, 2.75) is 0 Å². The first kappa shape index (κ1) is 11.5. The first-order chi connectivity index (χ1) is 8.66. The van der Waals surface area contributed by atoms with Crippen molar-refractivity contribution in [3.05, 3.63) is 51.1 Å². The van der Waals surface area contributed by atoms with Gasteiger partial charge in [0.2, 0.25) is 0 Å². The molecule has 0 spiro atoms. The number of hydrogen-bond acceptors (Lipinski definition) is 1. The van der Waals surface area contributed by atoms with Gasteiger partial charge < -0.3 is 10.3 Å². The lowest BCUT2D eigenvalue weighted by Crippen LogP contribution is -2.03. The van der Waals surface area contributed by atoms with Gasteiger partial charge in [-0.2, -0.15) is 0 Å². The number of halogens is 2. The van der Waals surface area contributed by atoms with Crippen molar-refractivity contribution >= 4 is 45.8 Å². The lowest BCUT2D eigenvalue weighted by atomic mass is 10.1. The number of benzene rings is 1. The predicted octanol–water partition coefficient (Wildman–Crippen LogP) is 3.25. The molecule has 0 bridgehead atoms. The molecule has 2 N–H and O–H groups in total. The van der Waals surface area contributed by atoms with Crippen LogP contribution in [0.5, 0.6) is 0 Å². The molecule has 3 nitrogen and oxygen atoms in total. The number of hydrogen-bond donors (Lipinski definition) is 2. The molecule has 2 aromatic rings. The van der Waals surface area contributed by atoms with Gasteiger partial charge in [0.1, 0.15) is 5.82 Å². The summed E-state index contributed by atoms with van der Waals surface area (Å²) in [6.45, 7) is 0. The van der Waals surface area contributed by atoms with E-state index in [2.05, 4.69) is 10.3 Å².